The SMILES string of the molecule is CCCNC(=O)C(Cc1ccccc1)N(Cc1ccccc1F)C(=O)CSCc1ccc(F)cc1. The molecule has 0 fully saturated rings. The zero-order chi connectivity index (χ0) is 25.0. The molecule has 0 bridgehead atoms. The van der Waals surface area contributed by atoms with E-state index in [1.165, 1.54) is 34.9 Å². The molecule has 0 saturated heterocycles. The first-order chi connectivity index (χ1) is 17.0. The maximum Gasteiger partial charge on any atom is 0.243 e. The Labute approximate surface area is 209 Å². The van der Waals surface area contributed by atoms with E-state index in [2.05, 4.69) is 5.32 Å². The lowest BCUT2D eigenvalue weighted by Crippen LogP contribution is -2.51. The Kier molecular flexibility index (Phi) is 10.3. The molecule has 1 atom stereocenters. The summed E-state index contributed by atoms with van der Waals surface area (Å²) in [6.45, 7) is 2.44. The Morgan fingerprint density at radius 2 is 1.60 bits per heavy atom. The second kappa shape index (κ2) is 13.6. The average Bonchev–Trinajstić information content (AvgIpc) is 2.87. The van der Waals surface area contributed by atoms with Crippen LogP contribution in [0.1, 0.15) is 30.0 Å². The van der Waals surface area contributed by atoms with Gasteiger partial charge >= 0.3 is 0 Å². The predicted molar refractivity (Wildman–Crippen MR) is 137 cm³/mol. The van der Waals surface area contributed by atoms with Crippen LogP contribution in [0.2, 0.25) is 0 Å². The van der Waals surface area contributed by atoms with Crippen molar-refractivity contribution < 1.29 is 18.4 Å². The highest BCUT2D eigenvalue weighted by atomic mass is 32.2. The number of halogens is 2. The lowest BCUT2D eigenvalue weighted by atomic mass is 10.0. The Morgan fingerprint density at radius 3 is 2.29 bits per heavy atom. The topological polar surface area (TPSA) is 49.4 Å². The first-order valence-electron chi connectivity index (χ1n) is 11.6. The molecule has 1 unspecified atom stereocenters. The fourth-order valence-electron chi connectivity index (χ4n) is 3.65. The third kappa shape index (κ3) is 8.21. The Balaban J connectivity index is 1.83. The van der Waals surface area contributed by atoms with Crippen molar-refractivity contribution in [3.05, 3.63) is 107 Å². The van der Waals surface area contributed by atoms with Crippen LogP contribution in [0, 0.1) is 11.6 Å². The molecule has 0 aliphatic rings. The number of rotatable bonds is 12. The van der Waals surface area contributed by atoms with E-state index in [1.54, 1.807) is 30.3 Å². The summed E-state index contributed by atoms with van der Waals surface area (Å²) in [6.07, 6.45) is 1.08. The number of carbonyl (C=O) groups excluding carboxylic acids is 2. The fourth-order valence-corrected chi connectivity index (χ4v) is 4.52. The summed E-state index contributed by atoms with van der Waals surface area (Å²) < 4.78 is 27.7. The summed E-state index contributed by atoms with van der Waals surface area (Å²) in [5, 5.41) is 2.91. The molecule has 3 aromatic carbocycles. The van der Waals surface area contributed by atoms with Crippen molar-refractivity contribution >= 4 is 23.6 Å². The van der Waals surface area contributed by atoms with Crippen LogP contribution in [-0.2, 0) is 28.3 Å². The summed E-state index contributed by atoms with van der Waals surface area (Å²) in [4.78, 5) is 28.1. The predicted octanol–water partition coefficient (Wildman–Crippen LogP) is 5.36. The quantitative estimate of drug-likeness (QED) is 0.367. The highest BCUT2D eigenvalue weighted by Crippen LogP contribution is 2.20. The summed E-state index contributed by atoms with van der Waals surface area (Å²) >= 11 is 1.38. The van der Waals surface area contributed by atoms with E-state index in [1.807, 2.05) is 37.3 Å². The minimum Gasteiger partial charge on any atom is -0.354 e. The van der Waals surface area contributed by atoms with E-state index in [0.29, 0.717) is 24.3 Å². The molecule has 0 heterocycles. The van der Waals surface area contributed by atoms with Crippen molar-refractivity contribution in [2.45, 2.75) is 38.1 Å². The molecule has 3 aromatic rings. The number of nitrogens with zero attached hydrogens (tertiary/aromatic N) is 1. The number of carbonyl (C=O) groups is 2. The molecule has 7 heteroatoms. The second-order valence-electron chi connectivity index (χ2n) is 8.23. The minimum atomic E-state index is -0.789. The number of thioether (sulfide) groups is 1. The monoisotopic (exact) mass is 496 g/mol. The average molecular weight is 497 g/mol. The molecule has 3 rings (SSSR count). The Bertz CT molecular complexity index is 1090. The normalized spacial score (nSPS) is 11.6. The molecule has 184 valence electrons. The van der Waals surface area contributed by atoms with E-state index in [0.717, 1.165) is 17.5 Å². The van der Waals surface area contributed by atoms with Crippen molar-refractivity contribution in [3.63, 3.8) is 0 Å². The molecule has 1 N–H and O–H groups in total. The Hall–Kier alpha value is -3.19. The number of benzene rings is 3. The van der Waals surface area contributed by atoms with Gasteiger partial charge in [0.2, 0.25) is 11.8 Å². The van der Waals surface area contributed by atoms with Crippen molar-refractivity contribution in [2.24, 2.45) is 0 Å². The molecule has 0 radical (unpaired) electrons. The van der Waals surface area contributed by atoms with Gasteiger partial charge in [-0.3, -0.25) is 9.59 Å². The van der Waals surface area contributed by atoms with Crippen LogP contribution in [-0.4, -0.2) is 35.1 Å². The first kappa shape index (κ1) is 26.4. The van der Waals surface area contributed by atoms with Gasteiger partial charge in [-0.25, -0.2) is 8.78 Å². The van der Waals surface area contributed by atoms with E-state index in [-0.39, 0.29) is 29.9 Å². The van der Waals surface area contributed by atoms with Gasteiger partial charge in [0.05, 0.1) is 5.75 Å². The summed E-state index contributed by atoms with van der Waals surface area (Å²) in [5.74, 6) is -0.621. The van der Waals surface area contributed by atoms with Crippen molar-refractivity contribution in [1.82, 2.24) is 10.2 Å². The summed E-state index contributed by atoms with van der Waals surface area (Å²) in [7, 11) is 0. The van der Waals surface area contributed by atoms with Crippen LogP contribution in [0.15, 0.2) is 78.9 Å². The highest BCUT2D eigenvalue weighted by Gasteiger charge is 2.30. The zero-order valence-electron chi connectivity index (χ0n) is 19.8. The van der Waals surface area contributed by atoms with Crippen LogP contribution >= 0.6 is 11.8 Å². The number of hydrogen-bond donors (Lipinski definition) is 1. The van der Waals surface area contributed by atoms with E-state index >= 15 is 0 Å². The van der Waals surface area contributed by atoms with Gasteiger partial charge in [0.25, 0.3) is 0 Å². The van der Waals surface area contributed by atoms with Gasteiger partial charge in [0.15, 0.2) is 0 Å². The van der Waals surface area contributed by atoms with Gasteiger partial charge in [0.1, 0.15) is 17.7 Å². The molecule has 0 spiro atoms. The van der Waals surface area contributed by atoms with Crippen LogP contribution in [0.4, 0.5) is 8.78 Å². The molecule has 0 aliphatic heterocycles. The van der Waals surface area contributed by atoms with Crippen LogP contribution < -0.4 is 5.32 Å². The number of hydrogen-bond acceptors (Lipinski definition) is 3. The van der Waals surface area contributed by atoms with Crippen LogP contribution in [0.5, 0.6) is 0 Å². The van der Waals surface area contributed by atoms with E-state index in [9.17, 15) is 18.4 Å². The van der Waals surface area contributed by atoms with Gasteiger partial charge in [-0.15, -0.1) is 11.8 Å². The molecule has 35 heavy (non-hydrogen) atoms. The lowest BCUT2D eigenvalue weighted by molar-refractivity contribution is -0.139. The maximum atomic E-state index is 14.5. The van der Waals surface area contributed by atoms with Crippen molar-refractivity contribution in [2.75, 3.05) is 12.3 Å². The number of nitrogens with one attached hydrogen (secondary N) is 1. The maximum absolute atomic E-state index is 14.5. The summed E-state index contributed by atoms with van der Waals surface area (Å²) in [6, 6.07) is 21.1. The van der Waals surface area contributed by atoms with E-state index < -0.39 is 11.9 Å². The smallest absolute Gasteiger partial charge is 0.243 e. The summed E-state index contributed by atoms with van der Waals surface area (Å²) in [5.41, 5.74) is 2.16. The molecule has 0 aromatic heterocycles. The molecule has 4 nitrogen and oxygen atoms in total. The Morgan fingerprint density at radius 1 is 0.914 bits per heavy atom. The van der Waals surface area contributed by atoms with Gasteiger partial charge in [-0.2, -0.15) is 0 Å². The highest BCUT2D eigenvalue weighted by molar-refractivity contribution is 7.99. The van der Waals surface area contributed by atoms with Crippen molar-refractivity contribution in [3.8, 4) is 0 Å². The molecule has 2 amide bonds. The third-order valence-electron chi connectivity index (χ3n) is 5.53. The van der Waals surface area contributed by atoms with Crippen molar-refractivity contribution in [1.29, 1.82) is 0 Å². The van der Waals surface area contributed by atoms with Crippen LogP contribution in [0.25, 0.3) is 0 Å². The van der Waals surface area contributed by atoms with Gasteiger partial charge in [-0.1, -0.05) is 67.6 Å². The van der Waals surface area contributed by atoms with Crippen LogP contribution in [0.3, 0.4) is 0 Å². The van der Waals surface area contributed by atoms with Gasteiger partial charge in [0, 0.05) is 30.8 Å². The molecular weight excluding hydrogens is 466 g/mol. The van der Waals surface area contributed by atoms with E-state index in [4.69, 9.17) is 0 Å². The second-order valence-corrected chi connectivity index (χ2v) is 9.21. The lowest BCUT2D eigenvalue weighted by Gasteiger charge is -2.31. The third-order valence-corrected chi connectivity index (χ3v) is 6.51. The fraction of sp³-hybridized carbons (Fsp3) is 0.286. The standard InChI is InChI=1S/C28H30F2N2O2S/c1-2-16-31-28(34)26(17-21-8-4-3-5-9-21)32(18-23-10-6-7-11-25(23)30)27(33)20-35-19-22-12-14-24(29)15-13-22/h3-15,26H,2,16-20H2,1H3,(H,31,34). The molecule has 0 aliphatic carbocycles. The van der Waals surface area contributed by atoms with Gasteiger partial charge in [-0.05, 0) is 35.7 Å². The zero-order valence-corrected chi connectivity index (χ0v) is 20.6. The first-order valence-corrected chi connectivity index (χ1v) is 12.8. The minimum absolute atomic E-state index is 0.0142. The molecule has 0 saturated carbocycles. The largest absolute Gasteiger partial charge is 0.354 e. The van der Waals surface area contributed by atoms with Gasteiger partial charge < -0.3 is 10.2 Å². The molecular formula is C28H30F2N2O2S. The number of amides is 2.